The van der Waals surface area contributed by atoms with Crippen molar-refractivity contribution in [1.29, 1.82) is 0 Å². The van der Waals surface area contributed by atoms with Gasteiger partial charge in [-0.3, -0.25) is 0 Å². The number of hydrogen-bond donors (Lipinski definition) is 2. The van der Waals surface area contributed by atoms with Crippen LogP contribution in [-0.4, -0.2) is 15.0 Å². The third kappa shape index (κ3) is 3.12. The van der Waals surface area contributed by atoms with E-state index in [4.69, 9.17) is 29.6 Å². The summed E-state index contributed by atoms with van der Waals surface area (Å²) in [6.07, 6.45) is 1.50. The molecular formula is C11H8ClFN4S. The van der Waals surface area contributed by atoms with Crippen LogP contribution in [0.15, 0.2) is 30.5 Å². The zero-order valence-corrected chi connectivity index (χ0v) is 10.6. The maximum atomic E-state index is 13.1. The molecule has 0 aliphatic rings. The van der Waals surface area contributed by atoms with Gasteiger partial charge < -0.3 is 11.1 Å². The standard InChI is InChI=1S/C11H8ClFN4S/c12-6-3-7(13)5-8(4-6)16-11-15-2-1-9(17-11)10(14)18/h1-5H,(H2,14,18)(H,15,16,17). The molecule has 18 heavy (non-hydrogen) atoms. The van der Waals surface area contributed by atoms with Gasteiger partial charge in [0.2, 0.25) is 5.95 Å². The van der Waals surface area contributed by atoms with Gasteiger partial charge in [0, 0.05) is 16.9 Å². The second-order valence-corrected chi connectivity index (χ2v) is 4.29. The van der Waals surface area contributed by atoms with Crippen molar-refractivity contribution < 1.29 is 4.39 Å². The van der Waals surface area contributed by atoms with Crippen LogP contribution in [0.1, 0.15) is 5.69 Å². The number of nitrogens with one attached hydrogen (secondary N) is 1. The Morgan fingerprint density at radius 3 is 2.83 bits per heavy atom. The summed E-state index contributed by atoms with van der Waals surface area (Å²) in [7, 11) is 0. The molecule has 0 saturated carbocycles. The first-order valence-corrected chi connectivity index (χ1v) is 5.69. The number of anilines is 2. The summed E-state index contributed by atoms with van der Waals surface area (Å²) in [6.45, 7) is 0. The van der Waals surface area contributed by atoms with Gasteiger partial charge in [0.1, 0.15) is 16.5 Å². The van der Waals surface area contributed by atoms with E-state index >= 15 is 0 Å². The minimum atomic E-state index is -0.449. The van der Waals surface area contributed by atoms with Crippen LogP contribution in [0, 0.1) is 5.82 Å². The first-order valence-electron chi connectivity index (χ1n) is 4.90. The van der Waals surface area contributed by atoms with E-state index in [2.05, 4.69) is 15.3 Å². The Hall–Kier alpha value is -1.79. The summed E-state index contributed by atoms with van der Waals surface area (Å²) in [5.74, 6) is -0.183. The Morgan fingerprint density at radius 2 is 2.17 bits per heavy atom. The first kappa shape index (κ1) is 12.7. The van der Waals surface area contributed by atoms with Crippen molar-refractivity contribution in [3.63, 3.8) is 0 Å². The summed E-state index contributed by atoms with van der Waals surface area (Å²) >= 11 is 10.5. The molecule has 7 heteroatoms. The predicted molar refractivity (Wildman–Crippen MR) is 72.6 cm³/mol. The molecule has 0 atom stereocenters. The molecule has 0 aliphatic carbocycles. The lowest BCUT2D eigenvalue weighted by Gasteiger charge is -2.06. The molecule has 92 valence electrons. The van der Waals surface area contributed by atoms with E-state index in [1.807, 2.05) is 0 Å². The molecule has 0 aliphatic heterocycles. The van der Waals surface area contributed by atoms with Crippen LogP contribution in [0.25, 0.3) is 0 Å². The van der Waals surface area contributed by atoms with Gasteiger partial charge in [-0.2, -0.15) is 0 Å². The summed E-state index contributed by atoms with van der Waals surface area (Å²) in [5, 5.41) is 3.10. The maximum absolute atomic E-state index is 13.1. The average molecular weight is 283 g/mol. The molecule has 0 unspecified atom stereocenters. The quantitative estimate of drug-likeness (QED) is 0.848. The third-order valence-electron chi connectivity index (χ3n) is 2.03. The van der Waals surface area contributed by atoms with E-state index in [1.165, 1.54) is 18.3 Å². The minimum absolute atomic E-state index is 0.165. The molecule has 0 fully saturated rings. The molecule has 1 heterocycles. The van der Waals surface area contributed by atoms with Crippen LogP contribution in [0.4, 0.5) is 16.0 Å². The maximum Gasteiger partial charge on any atom is 0.227 e. The molecule has 2 aromatic rings. The predicted octanol–water partition coefficient (Wildman–Crippen LogP) is 2.65. The van der Waals surface area contributed by atoms with Crippen LogP contribution >= 0.6 is 23.8 Å². The molecule has 1 aromatic carbocycles. The highest BCUT2D eigenvalue weighted by molar-refractivity contribution is 7.80. The Labute approximate surface area is 113 Å². The molecule has 0 amide bonds. The Bertz CT molecular complexity index is 585. The molecule has 1 aromatic heterocycles. The highest BCUT2D eigenvalue weighted by Gasteiger charge is 2.04. The van der Waals surface area contributed by atoms with Gasteiger partial charge in [-0.15, -0.1) is 0 Å². The van der Waals surface area contributed by atoms with Crippen LogP contribution in [0.3, 0.4) is 0 Å². The van der Waals surface area contributed by atoms with E-state index in [0.717, 1.165) is 0 Å². The lowest BCUT2D eigenvalue weighted by atomic mass is 10.3. The summed E-state index contributed by atoms with van der Waals surface area (Å²) in [6, 6.07) is 5.63. The molecule has 0 saturated heterocycles. The Kier molecular flexibility index (Phi) is 3.69. The van der Waals surface area contributed by atoms with Crippen molar-refractivity contribution >= 4 is 40.4 Å². The number of nitrogens with two attached hydrogens (primary N) is 1. The number of rotatable bonds is 3. The number of halogens is 2. The van der Waals surface area contributed by atoms with E-state index in [-0.39, 0.29) is 16.0 Å². The highest BCUT2D eigenvalue weighted by atomic mass is 35.5. The van der Waals surface area contributed by atoms with E-state index in [1.54, 1.807) is 12.1 Å². The topological polar surface area (TPSA) is 63.8 Å². The smallest absolute Gasteiger partial charge is 0.227 e. The molecule has 3 N–H and O–H groups in total. The van der Waals surface area contributed by atoms with Gasteiger partial charge in [-0.1, -0.05) is 23.8 Å². The van der Waals surface area contributed by atoms with Gasteiger partial charge in [-0.25, -0.2) is 14.4 Å². The first-order chi connectivity index (χ1) is 8.54. The lowest BCUT2D eigenvalue weighted by Crippen LogP contribution is -2.12. The van der Waals surface area contributed by atoms with Crippen molar-refractivity contribution in [2.45, 2.75) is 0 Å². The van der Waals surface area contributed by atoms with Crippen LogP contribution in [0.5, 0.6) is 0 Å². The zero-order chi connectivity index (χ0) is 13.1. The highest BCUT2D eigenvalue weighted by Crippen LogP contribution is 2.20. The normalized spacial score (nSPS) is 10.1. The van der Waals surface area contributed by atoms with Crippen LogP contribution in [0.2, 0.25) is 5.02 Å². The van der Waals surface area contributed by atoms with Crippen LogP contribution in [-0.2, 0) is 0 Å². The van der Waals surface area contributed by atoms with Crippen LogP contribution < -0.4 is 11.1 Å². The SMILES string of the molecule is NC(=S)c1ccnc(Nc2cc(F)cc(Cl)c2)n1. The molecule has 4 nitrogen and oxygen atoms in total. The van der Waals surface area contributed by atoms with Gasteiger partial charge in [0.25, 0.3) is 0 Å². The summed E-state index contributed by atoms with van der Waals surface area (Å²) in [4.78, 5) is 8.21. The van der Waals surface area contributed by atoms with Gasteiger partial charge in [-0.05, 0) is 24.3 Å². The van der Waals surface area contributed by atoms with E-state index in [9.17, 15) is 4.39 Å². The zero-order valence-electron chi connectivity index (χ0n) is 9.02. The van der Waals surface area contributed by atoms with Crippen molar-refractivity contribution in [3.8, 4) is 0 Å². The van der Waals surface area contributed by atoms with Crippen molar-refractivity contribution in [2.75, 3.05) is 5.32 Å². The fraction of sp³-hybridized carbons (Fsp3) is 0. The number of aromatic nitrogens is 2. The Morgan fingerprint density at radius 1 is 1.39 bits per heavy atom. The number of nitrogens with zero attached hydrogens (tertiary/aromatic N) is 2. The second-order valence-electron chi connectivity index (χ2n) is 3.41. The number of thiocarbonyl (C=S) groups is 1. The molecule has 0 spiro atoms. The largest absolute Gasteiger partial charge is 0.388 e. The molecular weight excluding hydrogens is 275 g/mol. The summed E-state index contributed by atoms with van der Waals surface area (Å²) < 4.78 is 13.1. The molecule has 0 bridgehead atoms. The van der Waals surface area contributed by atoms with Gasteiger partial charge >= 0.3 is 0 Å². The third-order valence-corrected chi connectivity index (χ3v) is 2.45. The Balaban J connectivity index is 2.28. The minimum Gasteiger partial charge on any atom is -0.388 e. The fourth-order valence-corrected chi connectivity index (χ4v) is 1.65. The van der Waals surface area contributed by atoms with Crippen molar-refractivity contribution in [2.24, 2.45) is 5.73 Å². The average Bonchev–Trinajstić information content (AvgIpc) is 2.27. The molecule has 0 radical (unpaired) electrons. The number of hydrogen-bond acceptors (Lipinski definition) is 4. The lowest BCUT2D eigenvalue weighted by molar-refractivity contribution is 0.628. The van der Waals surface area contributed by atoms with Gasteiger partial charge in [0.15, 0.2) is 0 Å². The van der Waals surface area contributed by atoms with Crippen molar-refractivity contribution in [3.05, 3.63) is 47.0 Å². The summed E-state index contributed by atoms with van der Waals surface area (Å²) in [5.41, 5.74) is 6.34. The number of benzene rings is 1. The van der Waals surface area contributed by atoms with E-state index < -0.39 is 5.82 Å². The monoisotopic (exact) mass is 282 g/mol. The van der Waals surface area contributed by atoms with E-state index in [0.29, 0.717) is 11.4 Å². The fourth-order valence-electron chi connectivity index (χ4n) is 1.31. The molecule has 2 rings (SSSR count). The second kappa shape index (κ2) is 5.24. The van der Waals surface area contributed by atoms with Gasteiger partial charge in [0.05, 0.1) is 0 Å². The van der Waals surface area contributed by atoms with Crippen molar-refractivity contribution in [1.82, 2.24) is 9.97 Å².